The van der Waals surface area contributed by atoms with E-state index in [1.54, 1.807) is 12.1 Å². The molecule has 1 N–H and O–H groups in total. The number of benzene rings is 1. The molecule has 6 heteroatoms. The molecule has 5 nitrogen and oxygen atoms in total. The third kappa shape index (κ3) is 4.25. The molecule has 2 heterocycles. The Morgan fingerprint density at radius 1 is 1.28 bits per heavy atom. The molecule has 2 aromatic rings. The Labute approximate surface area is 147 Å². The van der Waals surface area contributed by atoms with Gasteiger partial charge in [0.1, 0.15) is 5.82 Å². The first-order valence-electron chi connectivity index (χ1n) is 9.07. The minimum Gasteiger partial charge on any atom is -0.389 e. The summed E-state index contributed by atoms with van der Waals surface area (Å²) in [7, 11) is 0. The van der Waals surface area contributed by atoms with Crippen molar-refractivity contribution in [1.29, 1.82) is 0 Å². The van der Waals surface area contributed by atoms with Crippen LogP contribution in [0.25, 0.3) is 11.4 Å². The van der Waals surface area contributed by atoms with Crippen molar-refractivity contribution < 1.29 is 14.0 Å². The van der Waals surface area contributed by atoms with Gasteiger partial charge < -0.3 is 9.63 Å². The molecule has 0 amide bonds. The van der Waals surface area contributed by atoms with Crippen LogP contribution in [0.2, 0.25) is 0 Å². The lowest BCUT2D eigenvalue weighted by atomic mass is 9.93. The van der Waals surface area contributed by atoms with Crippen LogP contribution in [0.1, 0.15) is 51.3 Å². The molecule has 1 aliphatic rings. The zero-order valence-electron chi connectivity index (χ0n) is 14.9. The van der Waals surface area contributed by atoms with Gasteiger partial charge in [-0.25, -0.2) is 4.39 Å². The zero-order chi connectivity index (χ0) is 17.9. The highest BCUT2D eigenvalue weighted by molar-refractivity contribution is 5.53. The number of nitrogens with zero attached hydrogens (tertiary/aromatic N) is 3. The first kappa shape index (κ1) is 18.0. The van der Waals surface area contributed by atoms with E-state index in [4.69, 9.17) is 4.52 Å². The fraction of sp³-hybridized carbons (Fsp3) is 0.579. The van der Waals surface area contributed by atoms with Gasteiger partial charge in [-0.05, 0) is 56.5 Å². The summed E-state index contributed by atoms with van der Waals surface area (Å²) in [6, 6.07) is 6.09. The average molecular weight is 347 g/mol. The molecular formula is C19H26FN3O2. The van der Waals surface area contributed by atoms with Gasteiger partial charge in [0.2, 0.25) is 11.7 Å². The lowest BCUT2D eigenvalue weighted by molar-refractivity contribution is -0.0109. The van der Waals surface area contributed by atoms with Crippen molar-refractivity contribution in [3.05, 3.63) is 36.0 Å². The molecule has 0 bridgehead atoms. The van der Waals surface area contributed by atoms with Crippen LogP contribution in [-0.2, 0) is 0 Å². The molecule has 1 aromatic heterocycles. The summed E-state index contributed by atoms with van der Waals surface area (Å²) < 4.78 is 18.5. The topological polar surface area (TPSA) is 62.4 Å². The molecule has 0 saturated carbocycles. The summed E-state index contributed by atoms with van der Waals surface area (Å²) in [5.74, 6) is 1.01. The number of rotatable bonds is 6. The van der Waals surface area contributed by atoms with Crippen LogP contribution in [-0.4, -0.2) is 45.4 Å². The summed E-state index contributed by atoms with van der Waals surface area (Å²) in [5.41, 5.74) is 0.117. The monoisotopic (exact) mass is 347 g/mol. The fourth-order valence-electron chi connectivity index (χ4n) is 3.41. The number of aliphatic hydroxyl groups is 1. The van der Waals surface area contributed by atoms with Crippen molar-refractivity contribution >= 4 is 0 Å². The van der Waals surface area contributed by atoms with E-state index < -0.39 is 5.60 Å². The minimum atomic E-state index is -0.629. The van der Waals surface area contributed by atoms with Crippen molar-refractivity contribution in [3.63, 3.8) is 0 Å². The van der Waals surface area contributed by atoms with Gasteiger partial charge in [-0.1, -0.05) is 19.0 Å². The summed E-state index contributed by atoms with van der Waals surface area (Å²) >= 11 is 0. The maximum atomic E-state index is 13.0. The van der Waals surface area contributed by atoms with Gasteiger partial charge in [0.25, 0.3) is 0 Å². The summed E-state index contributed by atoms with van der Waals surface area (Å²) in [6.45, 7) is 6.52. The maximum absolute atomic E-state index is 13.0. The largest absolute Gasteiger partial charge is 0.389 e. The van der Waals surface area contributed by atoms with E-state index in [2.05, 4.69) is 15.0 Å². The number of hydrogen-bond donors (Lipinski definition) is 1. The van der Waals surface area contributed by atoms with Crippen LogP contribution in [0.3, 0.4) is 0 Å². The van der Waals surface area contributed by atoms with Crippen molar-refractivity contribution in [2.45, 2.75) is 51.0 Å². The fourth-order valence-corrected chi connectivity index (χ4v) is 3.41. The molecular weight excluding hydrogens is 321 g/mol. The Morgan fingerprint density at radius 2 is 2.00 bits per heavy atom. The molecule has 0 aliphatic carbocycles. The number of β-amino-alcohol motifs (C(OH)–C–C–N with tert-alkyl or cyclic N) is 1. The Bertz CT molecular complexity index is 682. The second kappa shape index (κ2) is 7.62. The SMILES string of the molecule is CCC(O)(CC)CN1CCCC(c2nc(-c3ccc(F)cc3)no2)C1. The Kier molecular flexibility index (Phi) is 5.49. The van der Waals surface area contributed by atoms with E-state index in [1.807, 2.05) is 13.8 Å². The van der Waals surface area contributed by atoms with E-state index in [0.717, 1.165) is 44.3 Å². The molecule has 1 aliphatic heterocycles. The first-order valence-corrected chi connectivity index (χ1v) is 9.07. The smallest absolute Gasteiger partial charge is 0.231 e. The highest BCUT2D eigenvalue weighted by atomic mass is 19.1. The van der Waals surface area contributed by atoms with Gasteiger partial charge in [-0.2, -0.15) is 4.98 Å². The third-order valence-corrected chi connectivity index (χ3v) is 5.23. The van der Waals surface area contributed by atoms with Gasteiger partial charge in [-0.15, -0.1) is 0 Å². The molecule has 1 saturated heterocycles. The highest BCUT2D eigenvalue weighted by Crippen LogP contribution is 2.29. The molecule has 3 rings (SSSR count). The van der Waals surface area contributed by atoms with Crippen LogP contribution < -0.4 is 0 Å². The van der Waals surface area contributed by atoms with E-state index >= 15 is 0 Å². The molecule has 1 fully saturated rings. The Hall–Kier alpha value is -1.79. The van der Waals surface area contributed by atoms with Crippen LogP contribution in [0.4, 0.5) is 4.39 Å². The van der Waals surface area contributed by atoms with Crippen LogP contribution in [0.15, 0.2) is 28.8 Å². The van der Waals surface area contributed by atoms with E-state index in [9.17, 15) is 9.50 Å². The third-order valence-electron chi connectivity index (χ3n) is 5.23. The molecule has 25 heavy (non-hydrogen) atoms. The van der Waals surface area contributed by atoms with E-state index in [0.29, 0.717) is 18.3 Å². The normalized spacial score (nSPS) is 19.3. The summed E-state index contributed by atoms with van der Waals surface area (Å²) in [4.78, 5) is 6.81. The molecule has 136 valence electrons. The predicted octanol–water partition coefficient (Wildman–Crippen LogP) is 3.61. The number of piperidine rings is 1. The number of halogens is 1. The summed E-state index contributed by atoms with van der Waals surface area (Å²) in [5, 5.41) is 14.6. The van der Waals surface area contributed by atoms with Gasteiger partial charge in [0.15, 0.2) is 0 Å². The second-order valence-electron chi connectivity index (χ2n) is 6.97. The lowest BCUT2D eigenvalue weighted by Gasteiger charge is -2.37. The standard InChI is InChI=1S/C19H26FN3O2/c1-3-19(24,4-2)13-23-11-5-6-15(12-23)18-21-17(22-25-18)14-7-9-16(20)10-8-14/h7-10,15,24H,3-6,11-13H2,1-2H3. The second-order valence-corrected chi connectivity index (χ2v) is 6.97. The van der Waals surface area contributed by atoms with Crippen molar-refractivity contribution in [1.82, 2.24) is 15.0 Å². The predicted molar refractivity (Wildman–Crippen MR) is 93.6 cm³/mol. The highest BCUT2D eigenvalue weighted by Gasteiger charge is 2.31. The van der Waals surface area contributed by atoms with Gasteiger partial charge in [0.05, 0.1) is 11.5 Å². The van der Waals surface area contributed by atoms with Crippen LogP contribution in [0.5, 0.6) is 0 Å². The number of likely N-dealkylation sites (tertiary alicyclic amines) is 1. The van der Waals surface area contributed by atoms with E-state index in [1.165, 1.54) is 12.1 Å². The molecule has 1 aromatic carbocycles. The van der Waals surface area contributed by atoms with Crippen molar-refractivity contribution in [2.75, 3.05) is 19.6 Å². The quantitative estimate of drug-likeness (QED) is 0.865. The lowest BCUT2D eigenvalue weighted by Crippen LogP contribution is -2.46. The Morgan fingerprint density at radius 3 is 2.68 bits per heavy atom. The van der Waals surface area contributed by atoms with Gasteiger partial charge >= 0.3 is 0 Å². The van der Waals surface area contributed by atoms with Crippen molar-refractivity contribution in [2.24, 2.45) is 0 Å². The molecule has 0 radical (unpaired) electrons. The van der Waals surface area contributed by atoms with Gasteiger partial charge in [-0.3, -0.25) is 4.90 Å². The summed E-state index contributed by atoms with van der Waals surface area (Å²) in [6.07, 6.45) is 3.54. The van der Waals surface area contributed by atoms with Crippen molar-refractivity contribution in [3.8, 4) is 11.4 Å². The molecule has 1 unspecified atom stereocenters. The van der Waals surface area contributed by atoms with Crippen LogP contribution >= 0.6 is 0 Å². The van der Waals surface area contributed by atoms with Crippen LogP contribution in [0, 0.1) is 5.82 Å². The molecule has 1 atom stereocenters. The zero-order valence-corrected chi connectivity index (χ0v) is 14.9. The minimum absolute atomic E-state index is 0.174. The first-order chi connectivity index (χ1) is 12.0. The van der Waals surface area contributed by atoms with E-state index in [-0.39, 0.29) is 11.7 Å². The number of aromatic nitrogens is 2. The number of hydrogen-bond acceptors (Lipinski definition) is 5. The molecule has 0 spiro atoms. The Balaban J connectivity index is 1.69. The maximum Gasteiger partial charge on any atom is 0.231 e. The van der Waals surface area contributed by atoms with Gasteiger partial charge in [0, 0.05) is 18.7 Å². The average Bonchev–Trinajstić information content (AvgIpc) is 3.12.